The molecule has 0 spiro atoms. The first-order chi connectivity index (χ1) is 10.4. The minimum Gasteiger partial charge on any atom is -0.434 e. The number of benzene rings is 1. The molecular formula is C16H22F2N2O2. The van der Waals surface area contributed by atoms with Crippen LogP contribution in [0.15, 0.2) is 18.2 Å². The summed E-state index contributed by atoms with van der Waals surface area (Å²) in [6, 6.07) is 5.43. The van der Waals surface area contributed by atoms with Crippen molar-refractivity contribution in [2.75, 3.05) is 13.6 Å². The first-order valence-electron chi connectivity index (χ1n) is 7.46. The highest BCUT2D eigenvalue weighted by Crippen LogP contribution is 2.24. The third-order valence-electron chi connectivity index (χ3n) is 3.73. The first-order valence-corrected chi connectivity index (χ1v) is 7.46. The van der Waals surface area contributed by atoms with E-state index in [1.807, 2.05) is 31.0 Å². The van der Waals surface area contributed by atoms with Gasteiger partial charge >= 0.3 is 6.61 Å². The van der Waals surface area contributed by atoms with Crippen LogP contribution in [0.3, 0.4) is 0 Å². The molecule has 2 rings (SSSR count). The summed E-state index contributed by atoms with van der Waals surface area (Å²) in [5.74, 6) is 0.302. The van der Waals surface area contributed by atoms with E-state index >= 15 is 0 Å². The second-order valence-corrected chi connectivity index (χ2v) is 5.84. The molecule has 0 radical (unpaired) electrons. The molecule has 1 atom stereocenters. The molecule has 1 aliphatic heterocycles. The number of aryl methyl sites for hydroxylation is 1. The lowest BCUT2D eigenvalue weighted by atomic mass is 10.0. The predicted octanol–water partition coefficient (Wildman–Crippen LogP) is 2.70. The van der Waals surface area contributed by atoms with Gasteiger partial charge in [0.25, 0.3) is 0 Å². The van der Waals surface area contributed by atoms with E-state index in [-0.39, 0.29) is 17.7 Å². The molecule has 1 heterocycles. The van der Waals surface area contributed by atoms with Crippen molar-refractivity contribution in [3.63, 3.8) is 0 Å². The summed E-state index contributed by atoms with van der Waals surface area (Å²) in [5, 5.41) is 2.96. The Morgan fingerprint density at radius 1 is 1.45 bits per heavy atom. The fraction of sp³-hybridized carbons (Fsp3) is 0.562. The number of hydrogen-bond donors (Lipinski definition) is 1. The van der Waals surface area contributed by atoms with Crippen LogP contribution in [0.25, 0.3) is 0 Å². The molecule has 6 heteroatoms. The Bertz CT molecular complexity index is 523. The second-order valence-electron chi connectivity index (χ2n) is 5.84. The van der Waals surface area contributed by atoms with E-state index in [9.17, 15) is 13.6 Å². The van der Waals surface area contributed by atoms with E-state index in [1.54, 1.807) is 6.07 Å². The van der Waals surface area contributed by atoms with Gasteiger partial charge in [-0.1, -0.05) is 12.1 Å². The van der Waals surface area contributed by atoms with Crippen LogP contribution in [0.4, 0.5) is 8.78 Å². The van der Waals surface area contributed by atoms with Crippen molar-refractivity contribution in [3.8, 4) is 5.75 Å². The number of nitrogens with one attached hydrogen (secondary N) is 1. The zero-order chi connectivity index (χ0) is 16.1. The van der Waals surface area contributed by atoms with Gasteiger partial charge in [-0.05, 0) is 38.4 Å². The summed E-state index contributed by atoms with van der Waals surface area (Å²) in [4.78, 5) is 13.4. The van der Waals surface area contributed by atoms with Crippen molar-refractivity contribution in [2.45, 2.75) is 45.4 Å². The number of nitrogens with zero attached hydrogens (tertiary/aromatic N) is 1. The van der Waals surface area contributed by atoms with Crippen molar-refractivity contribution in [1.29, 1.82) is 0 Å². The van der Waals surface area contributed by atoms with E-state index < -0.39 is 6.61 Å². The lowest BCUT2D eigenvalue weighted by Gasteiger charge is -2.28. The minimum atomic E-state index is -2.83. The Kier molecular flexibility index (Phi) is 5.71. The van der Waals surface area contributed by atoms with Crippen LogP contribution in [-0.2, 0) is 11.3 Å². The summed E-state index contributed by atoms with van der Waals surface area (Å²) in [6.07, 6.45) is 2.43. The standard InChI is InChI=1S/C16H22F2N2O2/c1-11-6-7-12(14(8-11)22-16(17)18)9-20(2)10-13-4-3-5-15(21)19-13/h6-8,13,16H,3-5,9-10H2,1-2H3,(H,19,21)/t13-/m0/s1. The number of rotatable bonds is 6. The smallest absolute Gasteiger partial charge is 0.387 e. The van der Waals surface area contributed by atoms with Crippen LogP contribution in [-0.4, -0.2) is 37.1 Å². The average Bonchev–Trinajstić information content (AvgIpc) is 2.41. The molecule has 0 unspecified atom stereocenters. The third kappa shape index (κ3) is 4.94. The van der Waals surface area contributed by atoms with Crippen LogP contribution in [0.2, 0.25) is 0 Å². The van der Waals surface area contributed by atoms with Gasteiger partial charge in [0.05, 0.1) is 0 Å². The first kappa shape index (κ1) is 16.7. The van der Waals surface area contributed by atoms with Gasteiger partial charge in [-0.25, -0.2) is 0 Å². The Morgan fingerprint density at radius 3 is 2.91 bits per heavy atom. The maximum atomic E-state index is 12.5. The van der Waals surface area contributed by atoms with E-state index in [0.29, 0.717) is 19.5 Å². The van der Waals surface area contributed by atoms with Gasteiger partial charge in [0.1, 0.15) is 5.75 Å². The number of likely N-dealkylation sites (N-methyl/N-ethyl adjacent to an activating group) is 1. The van der Waals surface area contributed by atoms with Crippen LogP contribution in [0.5, 0.6) is 5.75 Å². The quantitative estimate of drug-likeness (QED) is 0.878. The molecule has 0 aliphatic carbocycles. The van der Waals surface area contributed by atoms with Crippen molar-refractivity contribution >= 4 is 5.91 Å². The average molecular weight is 312 g/mol. The summed E-state index contributed by atoms with van der Waals surface area (Å²) in [5.41, 5.74) is 1.59. The lowest BCUT2D eigenvalue weighted by Crippen LogP contribution is -2.45. The fourth-order valence-corrected chi connectivity index (χ4v) is 2.75. The SMILES string of the molecule is Cc1ccc(CN(C)C[C@@H]2CCCC(=O)N2)c(OC(F)F)c1. The van der Waals surface area contributed by atoms with Gasteiger partial charge in [0.15, 0.2) is 0 Å². The lowest BCUT2D eigenvalue weighted by molar-refractivity contribution is -0.123. The van der Waals surface area contributed by atoms with E-state index in [1.165, 1.54) is 0 Å². The Balaban J connectivity index is 1.98. The van der Waals surface area contributed by atoms with Gasteiger partial charge in [-0.15, -0.1) is 0 Å². The maximum absolute atomic E-state index is 12.5. The number of carbonyl (C=O) groups is 1. The molecule has 22 heavy (non-hydrogen) atoms. The Morgan fingerprint density at radius 2 is 2.23 bits per heavy atom. The molecule has 1 saturated heterocycles. The normalized spacial score (nSPS) is 18.6. The number of alkyl halides is 2. The van der Waals surface area contributed by atoms with Crippen LogP contribution in [0.1, 0.15) is 30.4 Å². The topological polar surface area (TPSA) is 41.6 Å². The summed E-state index contributed by atoms with van der Waals surface area (Å²) < 4.78 is 29.6. The van der Waals surface area contributed by atoms with Gasteiger partial charge in [0, 0.05) is 31.1 Å². The van der Waals surface area contributed by atoms with Crippen molar-refractivity contribution in [2.24, 2.45) is 0 Å². The Labute approximate surface area is 129 Å². The highest BCUT2D eigenvalue weighted by atomic mass is 19.3. The monoisotopic (exact) mass is 312 g/mol. The van der Waals surface area contributed by atoms with Gasteiger partial charge in [-0.3, -0.25) is 9.69 Å². The molecule has 1 amide bonds. The molecule has 1 N–H and O–H groups in total. The molecule has 1 aromatic carbocycles. The molecule has 1 aromatic rings. The molecule has 122 valence electrons. The number of ether oxygens (including phenoxy) is 1. The van der Waals surface area contributed by atoms with E-state index in [0.717, 1.165) is 24.0 Å². The van der Waals surface area contributed by atoms with Crippen LogP contribution >= 0.6 is 0 Å². The van der Waals surface area contributed by atoms with E-state index in [2.05, 4.69) is 10.1 Å². The predicted molar refractivity (Wildman–Crippen MR) is 79.9 cm³/mol. The molecule has 4 nitrogen and oxygen atoms in total. The molecule has 0 bridgehead atoms. The second kappa shape index (κ2) is 7.54. The van der Waals surface area contributed by atoms with Gasteiger partial charge in [-0.2, -0.15) is 8.78 Å². The van der Waals surface area contributed by atoms with Gasteiger partial charge in [0.2, 0.25) is 5.91 Å². The van der Waals surface area contributed by atoms with Crippen molar-refractivity contribution in [3.05, 3.63) is 29.3 Å². The minimum absolute atomic E-state index is 0.0849. The molecular weight excluding hydrogens is 290 g/mol. The third-order valence-corrected chi connectivity index (χ3v) is 3.73. The number of amides is 1. The number of piperidine rings is 1. The number of halogens is 2. The molecule has 0 aromatic heterocycles. The zero-order valence-corrected chi connectivity index (χ0v) is 12.9. The fourth-order valence-electron chi connectivity index (χ4n) is 2.75. The maximum Gasteiger partial charge on any atom is 0.387 e. The summed E-state index contributed by atoms with van der Waals surface area (Å²) in [6.45, 7) is 0.190. The largest absolute Gasteiger partial charge is 0.434 e. The van der Waals surface area contributed by atoms with Crippen LogP contribution < -0.4 is 10.1 Å². The molecule has 0 saturated carbocycles. The van der Waals surface area contributed by atoms with Crippen molar-refractivity contribution in [1.82, 2.24) is 10.2 Å². The zero-order valence-electron chi connectivity index (χ0n) is 12.9. The van der Waals surface area contributed by atoms with E-state index in [4.69, 9.17) is 0 Å². The summed E-state index contributed by atoms with van der Waals surface area (Å²) >= 11 is 0. The van der Waals surface area contributed by atoms with Gasteiger partial charge < -0.3 is 10.1 Å². The van der Waals surface area contributed by atoms with Crippen molar-refractivity contribution < 1.29 is 18.3 Å². The highest BCUT2D eigenvalue weighted by Gasteiger charge is 2.20. The number of hydrogen-bond acceptors (Lipinski definition) is 3. The Hall–Kier alpha value is -1.69. The molecule has 1 fully saturated rings. The molecule has 1 aliphatic rings. The highest BCUT2D eigenvalue weighted by molar-refractivity contribution is 5.76. The number of carbonyl (C=O) groups excluding carboxylic acids is 1. The van der Waals surface area contributed by atoms with Crippen LogP contribution in [0, 0.1) is 6.92 Å². The summed E-state index contributed by atoms with van der Waals surface area (Å²) in [7, 11) is 1.91.